The van der Waals surface area contributed by atoms with E-state index in [1.54, 1.807) is 0 Å². The fraction of sp³-hybridized carbons (Fsp3) is 0.821. The van der Waals surface area contributed by atoms with Gasteiger partial charge >= 0.3 is 5.97 Å². The molecule has 186 valence electrons. The highest BCUT2D eigenvalue weighted by Gasteiger charge is 2.30. The standard InChI is InChI=1S/C28H50O4/c1-3-5-7-8-9-13-16-23-22-27(30)26(21-20-24(29)17-12-6-4-2)25(23)18-14-10-11-15-19-28(31)32/h20-21,24,26-27,29-30H,3-19,22H2,1-2H3,(H,31,32)/t24-,26+,27+/m0/s1. The second-order valence-corrected chi connectivity index (χ2v) is 9.70. The highest BCUT2D eigenvalue weighted by molar-refractivity contribution is 5.66. The Kier molecular flexibility index (Phi) is 16.5. The topological polar surface area (TPSA) is 77.8 Å². The monoisotopic (exact) mass is 450 g/mol. The van der Waals surface area contributed by atoms with Crippen molar-refractivity contribution in [2.24, 2.45) is 5.92 Å². The summed E-state index contributed by atoms with van der Waals surface area (Å²) in [7, 11) is 0. The van der Waals surface area contributed by atoms with Crippen LogP contribution in [0.3, 0.4) is 0 Å². The lowest BCUT2D eigenvalue weighted by molar-refractivity contribution is -0.137. The van der Waals surface area contributed by atoms with Gasteiger partial charge in [-0.25, -0.2) is 0 Å². The highest BCUT2D eigenvalue weighted by atomic mass is 16.4. The average molecular weight is 451 g/mol. The summed E-state index contributed by atoms with van der Waals surface area (Å²) in [6.45, 7) is 4.41. The quantitative estimate of drug-likeness (QED) is 0.134. The molecule has 3 N–H and O–H groups in total. The van der Waals surface area contributed by atoms with Crippen molar-refractivity contribution in [2.45, 2.75) is 142 Å². The number of carboxylic acid groups (broad SMARTS) is 1. The van der Waals surface area contributed by atoms with E-state index in [1.807, 2.05) is 6.08 Å². The Labute approximate surface area is 197 Å². The maximum Gasteiger partial charge on any atom is 0.303 e. The van der Waals surface area contributed by atoms with Gasteiger partial charge in [-0.1, -0.05) is 101 Å². The molecule has 3 atom stereocenters. The van der Waals surface area contributed by atoms with Gasteiger partial charge in [-0.05, 0) is 44.9 Å². The minimum Gasteiger partial charge on any atom is -0.481 e. The van der Waals surface area contributed by atoms with Crippen LogP contribution in [0.4, 0.5) is 0 Å². The van der Waals surface area contributed by atoms with Gasteiger partial charge in [-0.2, -0.15) is 0 Å². The van der Waals surface area contributed by atoms with Gasteiger partial charge in [0.05, 0.1) is 12.2 Å². The van der Waals surface area contributed by atoms with Crippen molar-refractivity contribution in [2.75, 3.05) is 0 Å². The molecule has 0 aromatic heterocycles. The number of hydrogen-bond donors (Lipinski definition) is 3. The molecule has 0 saturated heterocycles. The summed E-state index contributed by atoms with van der Waals surface area (Å²) in [6, 6.07) is 0. The summed E-state index contributed by atoms with van der Waals surface area (Å²) in [5.74, 6) is -0.680. The highest BCUT2D eigenvalue weighted by Crippen LogP contribution is 2.39. The Morgan fingerprint density at radius 1 is 0.906 bits per heavy atom. The van der Waals surface area contributed by atoms with Crippen LogP contribution < -0.4 is 0 Å². The van der Waals surface area contributed by atoms with Crippen LogP contribution in [-0.2, 0) is 4.79 Å². The molecule has 32 heavy (non-hydrogen) atoms. The third kappa shape index (κ3) is 12.8. The van der Waals surface area contributed by atoms with Gasteiger partial charge < -0.3 is 15.3 Å². The van der Waals surface area contributed by atoms with E-state index in [0.29, 0.717) is 0 Å². The van der Waals surface area contributed by atoms with Crippen LogP contribution >= 0.6 is 0 Å². The van der Waals surface area contributed by atoms with Gasteiger partial charge in [-0.15, -0.1) is 0 Å². The van der Waals surface area contributed by atoms with E-state index in [1.165, 1.54) is 49.7 Å². The summed E-state index contributed by atoms with van der Waals surface area (Å²) in [5, 5.41) is 29.9. The van der Waals surface area contributed by atoms with Gasteiger partial charge in [0.1, 0.15) is 0 Å². The summed E-state index contributed by atoms with van der Waals surface area (Å²) < 4.78 is 0. The number of rotatable bonds is 20. The molecule has 0 fully saturated rings. The molecule has 0 bridgehead atoms. The van der Waals surface area contributed by atoms with Crippen molar-refractivity contribution < 1.29 is 20.1 Å². The Morgan fingerprint density at radius 2 is 1.50 bits per heavy atom. The predicted molar refractivity (Wildman–Crippen MR) is 134 cm³/mol. The largest absolute Gasteiger partial charge is 0.481 e. The van der Waals surface area contributed by atoms with Crippen LogP contribution in [0.5, 0.6) is 0 Å². The zero-order valence-electron chi connectivity index (χ0n) is 20.9. The second kappa shape index (κ2) is 18.3. The third-order valence-electron chi connectivity index (χ3n) is 6.79. The fourth-order valence-corrected chi connectivity index (χ4v) is 4.84. The first-order valence-corrected chi connectivity index (χ1v) is 13.5. The molecule has 4 heteroatoms. The average Bonchev–Trinajstić information content (AvgIpc) is 3.05. The van der Waals surface area contributed by atoms with Crippen LogP contribution in [0.1, 0.15) is 129 Å². The molecule has 0 spiro atoms. The third-order valence-corrected chi connectivity index (χ3v) is 6.79. The SMILES string of the molecule is CCCCCCCCC1=C(CCCCCCC(=O)O)[C@@H](C=C[C@@H](O)CCCCC)[C@H](O)C1. The van der Waals surface area contributed by atoms with Gasteiger partial charge in [0, 0.05) is 12.3 Å². The van der Waals surface area contributed by atoms with Gasteiger partial charge in [0.15, 0.2) is 0 Å². The van der Waals surface area contributed by atoms with Gasteiger partial charge in [0.25, 0.3) is 0 Å². The van der Waals surface area contributed by atoms with Crippen molar-refractivity contribution in [1.29, 1.82) is 0 Å². The Balaban J connectivity index is 2.65. The van der Waals surface area contributed by atoms with Crippen molar-refractivity contribution in [3.8, 4) is 0 Å². The minimum atomic E-state index is -0.712. The molecule has 1 aliphatic carbocycles. The molecule has 0 heterocycles. The summed E-state index contributed by atoms with van der Waals surface area (Å²) >= 11 is 0. The maximum atomic E-state index is 10.8. The van der Waals surface area contributed by atoms with Crippen molar-refractivity contribution in [3.63, 3.8) is 0 Å². The van der Waals surface area contributed by atoms with Crippen molar-refractivity contribution >= 4 is 5.97 Å². The number of unbranched alkanes of at least 4 members (excludes halogenated alkanes) is 10. The van der Waals surface area contributed by atoms with E-state index in [4.69, 9.17) is 5.11 Å². The smallest absolute Gasteiger partial charge is 0.303 e. The lowest BCUT2D eigenvalue weighted by Crippen LogP contribution is -2.15. The number of aliphatic hydroxyl groups excluding tert-OH is 2. The summed E-state index contributed by atoms with van der Waals surface area (Å²) in [6.07, 6.45) is 21.9. The molecule has 0 unspecified atom stereocenters. The first kappa shape index (κ1) is 28.9. The Morgan fingerprint density at radius 3 is 2.19 bits per heavy atom. The number of hydrogen-bond acceptors (Lipinski definition) is 3. The van der Waals surface area contributed by atoms with Crippen LogP contribution in [0.25, 0.3) is 0 Å². The normalized spacial score (nSPS) is 19.9. The molecule has 0 aromatic carbocycles. The summed E-state index contributed by atoms with van der Waals surface area (Å²) in [4.78, 5) is 10.7. The molecular formula is C28H50O4. The van der Waals surface area contributed by atoms with E-state index in [-0.39, 0.29) is 18.4 Å². The molecule has 4 nitrogen and oxygen atoms in total. The summed E-state index contributed by atoms with van der Waals surface area (Å²) in [5.41, 5.74) is 2.83. The molecule has 0 amide bonds. The van der Waals surface area contributed by atoms with Gasteiger partial charge in [0.2, 0.25) is 0 Å². The van der Waals surface area contributed by atoms with Crippen molar-refractivity contribution in [1.82, 2.24) is 0 Å². The molecule has 0 saturated carbocycles. The van der Waals surface area contributed by atoms with Crippen LogP contribution in [0.15, 0.2) is 23.3 Å². The number of aliphatic carboxylic acids is 1. The second-order valence-electron chi connectivity index (χ2n) is 9.70. The molecule has 0 radical (unpaired) electrons. The Hall–Kier alpha value is -1.13. The van der Waals surface area contributed by atoms with E-state index >= 15 is 0 Å². The number of aliphatic hydroxyl groups is 2. The first-order valence-electron chi connectivity index (χ1n) is 13.5. The predicted octanol–water partition coefficient (Wildman–Crippen LogP) is 7.34. The Bertz CT molecular complexity index is 552. The minimum absolute atomic E-state index is 0.0323. The number of carboxylic acids is 1. The molecular weight excluding hydrogens is 400 g/mol. The van der Waals surface area contributed by atoms with Crippen molar-refractivity contribution in [3.05, 3.63) is 23.3 Å². The zero-order chi connectivity index (χ0) is 23.6. The lowest BCUT2D eigenvalue weighted by Gasteiger charge is -2.16. The molecule has 0 aliphatic heterocycles. The van der Waals surface area contributed by atoms with Crippen LogP contribution in [-0.4, -0.2) is 33.5 Å². The van der Waals surface area contributed by atoms with E-state index in [0.717, 1.165) is 70.6 Å². The molecule has 1 rings (SSSR count). The first-order chi connectivity index (χ1) is 15.5. The fourth-order valence-electron chi connectivity index (χ4n) is 4.84. The lowest BCUT2D eigenvalue weighted by atomic mass is 9.91. The van der Waals surface area contributed by atoms with Crippen LogP contribution in [0.2, 0.25) is 0 Å². The maximum absolute atomic E-state index is 10.8. The van der Waals surface area contributed by atoms with E-state index < -0.39 is 12.1 Å². The van der Waals surface area contributed by atoms with Crippen LogP contribution in [0, 0.1) is 5.92 Å². The number of carbonyl (C=O) groups is 1. The van der Waals surface area contributed by atoms with Gasteiger partial charge in [-0.3, -0.25) is 4.79 Å². The van der Waals surface area contributed by atoms with E-state index in [2.05, 4.69) is 19.9 Å². The zero-order valence-corrected chi connectivity index (χ0v) is 20.9. The van der Waals surface area contributed by atoms with E-state index in [9.17, 15) is 15.0 Å². The molecule has 1 aliphatic rings. The molecule has 0 aromatic rings.